The van der Waals surface area contributed by atoms with E-state index in [1.165, 1.54) is 5.56 Å². The average molecular weight is 419 g/mol. The quantitative estimate of drug-likeness (QED) is 0.507. The molecule has 0 aromatic heterocycles. The van der Waals surface area contributed by atoms with Gasteiger partial charge in [-0.05, 0) is 72.0 Å². The Morgan fingerprint density at radius 2 is 1.50 bits per heavy atom. The molecule has 1 heterocycles. The summed E-state index contributed by atoms with van der Waals surface area (Å²) in [6.07, 6.45) is 0. The molecule has 1 N–H and O–H groups in total. The molecule has 1 aliphatic heterocycles. The Morgan fingerprint density at radius 3 is 2.10 bits per heavy atom. The molecule has 152 valence electrons. The summed E-state index contributed by atoms with van der Waals surface area (Å²) in [5.41, 5.74) is 4.76. The van der Waals surface area contributed by atoms with Crippen molar-refractivity contribution in [1.29, 1.82) is 0 Å². The minimum Gasteiger partial charge on any atom is -0.457 e. The maximum atomic E-state index is 12.4. The normalized spacial score (nSPS) is 14.6. The smallest absolute Gasteiger partial charge is 0.275 e. The van der Waals surface area contributed by atoms with Gasteiger partial charge in [0.15, 0.2) is 0 Å². The van der Waals surface area contributed by atoms with E-state index in [4.69, 9.17) is 16.3 Å². The van der Waals surface area contributed by atoms with Gasteiger partial charge in [0, 0.05) is 10.6 Å². The van der Waals surface area contributed by atoms with Crippen LogP contribution < -0.4 is 10.1 Å². The Morgan fingerprint density at radius 1 is 0.900 bits per heavy atom. The first-order valence-corrected chi connectivity index (χ1v) is 10.2. The Hall–Kier alpha value is -3.11. The fraction of sp³-hybridized carbons (Fsp3) is 0.200. The van der Waals surface area contributed by atoms with Crippen LogP contribution in [0.25, 0.3) is 0 Å². The molecule has 0 bridgehead atoms. The number of anilines is 1. The van der Waals surface area contributed by atoms with Gasteiger partial charge in [-0.1, -0.05) is 44.5 Å². The number of amides is 1. The van der Waals surface area contributed by atoms with Crippen LogP contribution in [0.4, 0.5) is 11.4 Å². The molecule has 5 heteroatoms. The van der Waals surface area contributed by atoms with Crippen LogP contribution in [0.5, 0.6) is 11.5 Å². The molecular weight excluding hydrogens is 396 g/mol. The number of hydrogen-bond acceptors (Lipinski definition) is 3. The summed E-state index contributed by atoms with van der Waals surface area (Å²) in [5, 5.41) is 3.47. The average Bonchev–Trinajstić information content (AvgIpc) is 3.02. The zero-order valence-electron chi connectivity index (χ0n) is 17.4. The highest BCUT2D eigenvalue weighted by Gasteiger charge is 2.28. The fourth-order valence-electron chi connectivity index (χ4n) is 3.33. The standard InChI is InChI=1S/C25H23ClN2O2/c1-15-21(26)14-13-20-22(15)28-24(29)23(20)27-17-7-11-19(12-8-17)30-18-9-5-16(6-10-18)25(2,3)4/h5-14H,1-4H3,(H,27,28,29). The number of fused-ring (bicyclic) bond motifs is 1. The lowest BCUT2D eigenvalue weighted by atomic mass is 9.87. The van der Waals surface area contributed by atoms with E-state index in [1.807, 2.05) is 49.4 Å². The molecule has 3 aromatic carbocycles. The lowest BCUT2D eigenvalue weighted by Crippen LogP contribution is -2.13. The molecule has 0 aliphatic carbocycles. The van der Waals surface area contributed by atoms with Crippen molar-refractivity contribution in [2.24, 2.45) is 4.99 Å². The van der Waals surface area contributed by atoms with Gasteiger partial charge in [-0.25, -0.2) is 4.99 Å². The van der Waals surface area contributed by atoms with Crippen LogP contribution in [0.1, 0.15) is 37.5 Å². The molecule has 30 heavy (non-hydrogen) atoms. The van der Waals surface area contributed by atoms with E-state index < -0.39 is 0 Å². The predicted octanol–water partition coefficient (Wildman–Crippen LogP) is 6.81. The van der Waals surface area contributed by atoms with E-state index in [0.717, 1.165) is 22.6 Å². The van der Waals surface area contributed by atoms with Crippen molar-refractivity contribution < 1.29 is 9.53 Å². The molecule has 1 aliphatic rings. The fourth-order valence-corrected chi connectivity index (χ4v) is 3.49. The third-order valence-electron chi connectivity index (χ3n) is 5.14. The second kappa shape index (κ2) is 7.62. The van der Waals surface area contributed by atoms with Gasteiger partial charge in [-0.15, -0.1) is 0 Å². The minimum absolute atomic E-state index is 0.106. The number of hydrogen-bond donors (Lipinski definition) is 1. The van der Waals surface area contributed by atoms with Gasteiger partial charge >= 0.3 is 0 Å². The molecule has 0 unspecified atom stereocenters. The van der Waals surface area contributed by atoms with Gasteiger partial charge in [0.1, 0.15) is 17.2 Å². The predicted molar refractivity (Wildman–Crippen MR) is 123 cm³/mol. The SMILES string of the molecule is Cc1c(Cl)ccc2c1NC(=O)C2=Nc1ccc(Oc2ccc(C(C)(C)C)cc2)cc1. The van der Waals surface area contributed by atoms with Crippen LogP contribution in [0, 0.1) is 6.92 Å². The molecule has 0 radical (unpaired) electrons. The molecule has 1 amide bonds. The summed E-state index contributed by atoms with van der Waals surface area (Å²) in [6.45, 7) is 8.43. The van der Waals surface area contributed by atoms with Crippen molar-refractivity contribution in [1.82, 2.24) is 0 Å². The summed E-state index contributed by atoms with van der Waals surface area (Å²) in [7, 11) is 0. The van der Waals surface area contributed by atoms with E-state index in [2.05, 4.69) is 43.2 Å². The Bertz CT molecular complexity index is 1140. The van der Waals surface area contributed by atoms with E-state index in [9.17, 15) is 4.79 Å². The maximum absolute atomic E-state index is 12.4. The topological polar surface area (TPSA) is 50.7 Å². The molecule has 0 saturated carbocycles. The maximum Gasteiger partial charge on any atom is 0.275 e. The number of rotatable bonds is 3. The van der Waals surface area contributed by atoms with Gasteiger partial charge in [-0.3, -0.25) is 4.79 Å². The first-order valence-electron chi connectivity index (χ1n) is 9.80. The highest BCUT2D eigenvalue weighted by Crippen LogP contribution is 2.33. The van der Waals surface area contributed by atoms with Crippen molar-refractivity contribution in [3.63, 3.8) is 0 Å². The van der Waals surface area contributed by atoms with Gasteiger partial charge in [0.05, 0.1) is 11.4 Å². The summed E-state index contributed by atoms with van der Waals surface area (Å²) in [4.78, 5) is 16.9. The van der Waals surface area contributed by atoms with Crippen LogP contribution in [0.15, 0.2) is 65.7 Å². The third-order valence-corrected chi connectivity index (χ3v) is 5.55. The Balaban J connectivity index is 1.54. The van der Waals surface area contributed by atoms with Crippen LogP contribution in [0.3, 0.4) is 0 Å². The summed E-state index contributed by atoms with van der Waals surface area (Å²) in [6, 6.07) is 19.1. The van der Waals surface area contributed by atoms with Crippen LogP contribution >= 0.6 is 11.6 Å². The molecule has 0 fully saturated rings. The zero-order valence-corrected chi connectivity index (χ0v) is 18.2. The van der Waals surface area contributed by atoms with Crippen molar-refractivity contribution >= 4 is 34.6 Å². The Kier molecular flexibility index (Phi) is 5.12. The first-order chi connectivity index (χ1) is 14.2. The lowest BCUT2D eigenvalue weighted by molar-refractivity contribution is -0.110. The first kappa shape index (κ1) is 20.2. The van der Waals surface area contributed by atoms with E-state index in [1.54, 1.807) is 6.07 Å². The number of carbonyl (C=O) groups is 1. The molecule has 0 atom stereocenters. The van der Waals surface area contributed by atoms with E-state index in [-0.39, 0.29) is 11.3 Å². The number of nitrogens with one attached hydrogen (secondary N) is 1. The third kappa shape index (κ3) is 3.96. The zero-order chi connectivity index (χ0) is 21.5. The van der Waals surface area contributed by atoms with Crippen LogP contribution in [-0.2, 0) is 10.2 Å². The van der Waals surface area contributed by atoms with Crippen molar-refractivity contribution in [3.8, 4) is 11.5 Å². The summed E-state index contributed by atoms with van der Waals surface area (Å²) >= 11 is 6.16. The monoisotopic (exact) mass is 418 g/mol. The van der Waals surface area contributed by atoms with Crippen LogP contribution in [0.2, 0.25) is 5.02 Å². The largest absolute Gasteiger partial charge is 0.457 e. The van der Waals surface area contributed by atoms with Gasteiger partial charge in [0.2, 0.25) is 0 Å². The molecule has 0 saturated heterocycles. The highest BCUT2D eigenvalue weighted by atomic mass is 35.5. The molecule has 4 nitrogen and oxygen atoms in total. The second-order valence-corrected chi connectivity index (χ2v) is 8.79. The number of carbonyl (C=O) groups excluding carboxylic acids is 1. The Labute approximate surface area is 181 Å². The van der Waals surface area contributed by atoms with Gasteiger partial charge in [0.25, 0.3) is 5.91 Å². The van der Waals surface area contributed by atoms with Gasteiger partial charge in [-0.2, -0.15) is 0 Å². The highest BCUT2D eigenvalue weighted by molar-refractivity contribution is 6.54. The van der Waals surface area contributed by atoms with E-state index >= 15 is 0 Å². The van der Waals surface area contributed by atoms with Gasteiger partial charge < -0.3 is 10.1 Å². The number of aliphatic imine (C=N–C) groups is 1. The second-order valence-electron chi connectivity index (χ2n) is 8.38. The van der Waals surface area contributed by atoms with Crippen molar-refractivity contribution in [3.05, 3.63) is 82.4 Å². The van der Waals surface area contributed by atoms with Crippen LogP contribution in [-0.4, -0.2) is 11.6 Å². The van der Waals surface area contributed by atoms with E-state index in [0.29, 0.717) is 22.2 Å². The number of halogens is 1. The number of benzene rings is 3. The molecule has 0 spiro atoms. The summed E-state index contributed by atoms with van der Waals surface area (Å²) in [5.74, 6) is 1.26. The molecule has 4 rings (SSSR count). The number of ether oxygens (including phenoxy) is 1. The molecular formula is C25H23ClN2O2. The number of nitrogens with zero attached hydrogens (tertiary/aromatic N) is 1. The van der Waals surface area contributed by atoms with Crippen molar-refractivity contribution in [2.45, 2.75) is 33.1 Å². The molecule has 3 aromatic rings. The van der Waals surface area contributed by atoms with Crippen molar-refractivity contribution in [2.75, 3.05) is 5.32 Å². The lowest BCUT2D eigenvalue weighted by Gasteiger charge is -2.19. The summed E-state index contributed by atoms with van der Waals surface area (Å²) < 4.78 is 5.93. The minimum atomic E-state index is -0.227.